The number of rotatable bonds is 6. The molecule has 0 radical (unpaired) electrons. The molecule has 1 unspecified atom stereocenters. The van der Waals surface area contributed by atoms with Crippen molar-refractivity contribution in [2.75, 3.05) is 37.7 Å². The van der Waals surface area contributed by atoms with Crippen LogP contribution in [0.4, 0.5) is 0 Å². The highest BCUT2D eigenvalue weighted by Gasteiger charge is 2.28. The van der Waals surface area contributed by atoms with Crippen LogP contribution in [-0.4, -0.2) is 65.2 Å². The molecule has 5 heteroatoms. The van der Waals surface area contributed by atoms with Crippen LogP contribution >= 0.6 is 11.8 Å². The smallest absolute Gasteiger partial charge is 0.223 e. The molecule has 0 N–H and O–H groups in total. The van der Waals surface area contributed by atoms with E-state index in [1.807, 2.05) is 42.1 Å². The van der Waals surface area contributed by atoms with Gasteiger partial charge in [-0.3, -0.25) is 9.59 Å². The van der Waals surface area contributed by atoms with Gasteiger partial charge in [-0.1, -0.05) is 36.8 Å². The van der Waals surface area contributed by atoms with Crippen molar-refractivity contribution in [3.8, 4) is 0 Å². The van der Waals surface area contributed by atoms with E-state index in [0.717, 1.165) is 44.1 Å². The van der Waals surface area contributed by atoms with Crippen molar-refractivity contribution in [1.82, 2.24) is 9.80 Å². The minimum absolute atomic E-state index is 0.0655. The van der Waals surface area contributed by atoms with Crippen molar-refractivity contribution >= 4 is 23.5 Å². The molecule has 0 bridgehead atoms. The van der Waals surface area contributed by atoms with Gasteiger partial charge in [-0.25, -0.2) is 0 Å². The van der Waals surface area contributed by atoms with Crippen molar-refractivity contribution in [3.63, 3.8) is 0 Å². The number of amides is 1. The third-order valence-corrected chi connectivity index (χ3v) is 6.54. The summed E-state index contributed by atoms with van der Waals surface area (Å²) in [6.45, 7) is 4.15. The van der Waals surface area contributed by atoms with Gasteiger partial charge >= 0.3 is 0 Å². The lowest BCUT2D eigenvalue weighted by atomic mass is 10.1. The number of hydrogen-bond acceptors (Lipinski definition) is 4. The normalized spacial score (nSPS) is 22.0. The Bertz CT molecular complexity index is 587. The summed E-state index contributed by atoms with van der Waals surface area (Å²) in [4.78, 5) is 29.8. The van der Waals surface area contributed by atoms with Gasteiger partial charge in [-0.2, -0.15) is 11.8 Å². The van der Waals surface area contributed by atoms with E-state index in [1.54, 1.807) is 0 Å². The maximum absolute atomic E-state index is 12.9. The third-order valence-electron chi connectivity index (χ3n) is 5.34. The first-order chi connectivity index (χ1) is 12.7. The molecule has 1 amide bonds. The molecule has 3 rings (SSSR count). The van der Waals surface area contributed by atoms with Gasteiger partial charge in [0.1, 0.15) is 0 Å². The van der Waals surface area contributed by atoms with Crippen molar-refractivity contribution < 1.29 is 9.59 Å². The van der Waals surface area contributed by atoms with E-state index in [4.69, 9.17) is 0 Å². The van der Waals surface area contributed by atoms with Crippen LogP contribution in [0.3, 0.4) is 0 Å². The lowest BCUT2D eigenvalue weighted by molar-refractivity contribution is -0.133. The number of hydrogen-bond donors (Lipinski definition) is 0. The first-order valence-corrected chi connectivity index (χ1v) is 11.1. The van der Waals surface area contributed by atoms with Gasteiger partial charge in [-0.15, -0.1) is 0 Å². The van der Waals surface area contributed by atoms with Crippen LogP contribution in [0.25, 0.3) is 0 Å². The van der Waals surface area contributed by atoms with Gasteiger partial charge in [0, 0.05) is 37.2 Å². The van der Waals surface area contributed by atoms with Gasteiger partial charge in [0.2, 0.25) is 5.91 Å². The summed E-state index contributed by atoms with van der Waals surface area (Å²) in [6.07, 6.45) is 5.58. The molecule has 0 aromatic heterocycles. The number of benzene rings is 1. The zero-order valence-electron chi connectivity index (χ0n) is 15.6. The number of Topliss-reactive ketones (excluding diaryl/α,β-unsaturated/α-hetero) is 1. The molecule has 26 heavy (non-hydrogen) atoms. The van der Waals surface area contributed by atoms with Gasteiger partial charge in [0.05, 0.1) is 6.04 Å². The van der Waals surface area contributed by atoms with E-state index in [0.29, 0.717) is 24.4 Å². The topological polar surface area (TPSA) is 40.6 Å². The fourth-order valence-corrected chi connectivity index (χ4v) is 4.94. The van der Waals surface area contributed by atoms with E-state index < -0.39 is 0 Å². The van der Waals surface area contributed by atoms with Crippen LogP contribution in [0.5, 0.6) is 0 Å². The summed E-state index contributed by atoms with van der Waals surface area (Å²) in [6, 6.07) is 9.59. The molecule has 1 atom stereocenters. The molecule has 2 aliphatic rings. The Labute approximate surface area is 161 Å². The highest BCUT2D eigenvalue weighted by molar-refractivity contribution is 7.99. The molecule has 4 nitrogen and oxygen atoms in total. The largest absolute Gasteiger partial charge is 0.338 e. The molecular weight excluding hydrogens is 344 g/mol. The second-order valence-corrected chi connectivity index (χ2v) is 8.47. The Kier molecular flexibility index (Phi) is 7.56. The minimum Gasteiger partial charge on any atom is -0.338 e. The summed E-state index contributed by atoms with van der Waals surface area (Å²) in [7, 11) is 0. The molecule has 0 saturated carbocycles. The number of nitrogens with zero attached hydrogens (tertiary/aromatic N) is 2. The summed E-state index contributed by atoms with van der Waals surface area (Å²) in [5.74, 6) is 2.37. The average molecular weight is 375 g/mol. The fourth-order valence-electron chi connectivity index (χ4n) is 3.88. The highest BCUT2D eigenvalue weighted by atomic mass is 32.2. The van der Waals surface area contributed by atoms with E-state index in [2.05, 4.69) is 9.80 Å². The number of thioether (sulfide) groups is 1. The van der Waals surface area contributed by atoms with E-state index in [1.165, 1.54) is 19.3 Å². The molecule has 1 aromatic rings. The fraction of sp³-hybridized carbons (Fsp3) is 0.619. The van der Waals surface area contributed by atoms with Gasteiger partial charge in [-0.05, 0) is 38.1 Å². The van der Waals surface area contributed by atoms with Crippen molar-refractivity contribution in [2.24, 2.45) is 0 Å². The molecule has 0 aliphatic carbocycles. The Morgan fingerprint density at radius 1 is 0.962 bits per heavy atom. The second-order valence-electron chi connectivity index (χ2n) is 7.32. The Morgan fingerprint density at radius 2 is 1.73 bits per heavy atom. The molecule has 1 aromatic carbocycles. The maximum Gasteiger partial charge on any atom is 0.223 e. The van der Waals surface area contributed by atoms with Crippen LogP contribution in [0, 0.1) is 0 Å². The number of piperidine rings is 1. The SMILES string of the molecule is O=C(CCC(=O)N1CCCSCC1CN1CCCCC1)c1ccccc1. The van der Waals surface area contributed by atoms with Gasteiger partial charge in [0.15, 0.2) is 5.78 Å². The van der Waals surface area contributed by atoms with Crippen LogP contribution < -0.4 is 0 Å². The molecule has 0 spiro atoms. The zero-order chi connectivity index (χ0) is 18.2. The lowest BCUT2D eigenvalue weighted by Crippen LogP contribution is -2.49. The summed E-state index contributed by atoms with van der Waals surface area (Å²) in [5, 5.41) is 0. The van der Waals surface area contributed by atoms with Crippen LogP contribution in [0.1, 0.15) is 48.9 Å². The minimum atomic E-state index is 0.0655. The Morgan fingerprint density at radius 3 is 2.50 bits per heavy atom. The van der Waals surface area contributed by atoms with E-state index >= 15 is 0 Å². The first kappa shape index (κ1) is 19.4. The molecule has 2 saturated heterocycles. The zero-order valence-corrected chi connectivity index (χ0v) is 16.4. The standard InChI is InChI=1S/C21H30N2O2S/c24-20(18-8-3-1-4-9-18)10-11-21(25)23-14-7-15-26-17-19(23)16-22-12-5-2-6-13-22/h1,3-4,8-9,19H,2,5-7,10-17H2. The predicted octanol–water partition coefficient (Wildman–Crippen LogP) is 3.47. The van der Waals surface area contributed by atoms with Crippen molar-refractivity contribution in [2.45, 2.75) is 44.6 Å². The van der Waals surface area contributed by atoms with Crippen LogP contribution in [-0.2, 0) is 4.79 Å². The highest BCUT2D eigenvalue weighted by Crippen LogP contribution is 2.20. The lowest BCUT2D eigenvalue weighted by Gasteiger charge is -2.35. The molecule has 142 valence electrons. The summed E-state index contributed by atoms with van der Waals surface area (Å²) in [5.41, 5.74) is 0.705. The Hall–Kier alpha value is -1.33. The Balaban J connectivity index is 1.56. The summed E-state index contributed by atoms with van der Waals surface area (Å²) < 4.78 is 0. The van der Waals surface area contributed by atoms with E-state index in [-0.39, 0.29) is 11.7 Å². The van der Waals surface area contributed by atoms with Crippen LogP contribution in [0.2, 0.25) is 0 Å². The number of likely N-dealkylation sites (tertiary alicyclic amines) is 1. The van der Waals surface area contributed by atoms with Crippen molar-refractivity contribution in [3.05, 3.63) is 35.9 Å². The van der Waals surface area contributed by atoms with Gasteiger partial charge < -0.3 is 9.80 Å². The maximum atomic E-state index is 12.9. The predicted molar refractivity (Wildman–Crippen MR) is 108 cm³/mol. The number of carbonyl (C=O) groups is 2. The van der Waals surface area contributed by atoms with Crippen molar-refractivity contribution in [1.29, 1.82) is 0 Å². The monoisotopic (exact) mass is 374 g/mol. The van der Waals surface area contributed by atoms with Gasteiger partial charge in [0.25, 0.3) is 0 Å². The molecule has 2 fully saturated rings. The first-order valence-electron chi connectivity index (χ1n) is 9.92. The molecular formula is C21H30N2O2S. The number of carbonyl (C=O) groups excluding carboxylic acids is 2. The van der Waals surface area contributed by atoms with Crippen LogP contribution in [0.15, 0.2) is 30.3 Å². The van der Waals surface area contributed by atoms with E-state index in [9.17, 15) is 9.59 Å². The quantitative estimate of drug-likeness (QED) is 0.715. The number of ketones is 1. The second kappa shape index (κ2) is 10.1. The molecule has 2 aliphatic heterocycles. The summed E-state index contributed by atoms with van der Waals surface area (Å²) >= 11 is 1.97. The molecule has 2 heterocycles. The average Bonchev–Trinajstić information content (AvgIpc) is 2.93. The third kappa shape index (κ3) is 5.58.